The molecule has 1 heterocycles. The Kier molecular flexibility index (Phi) is 5.41. The molecule has 0 bridgehead atoms. The van der Waals surface area contributed by atoms with Gasteiger partial charge in [-0.2, -0.15) is 13.2 Å². The van der Waals surface area contributed by atoms with E-state index in [9.17, 15) is 18.0 Å². The summed E-state index contributed by atoms with van der Waals surface area (Å²) in [6.45, 7) is 1.95. The number of fused-ring (bicyclic) bond motifs is 1. The first kappa shape index (κ1) is 20.9. The van der Waals surface area contributed by atoms with Crippen LogP contribution in [0.5, 0.6) is 0 Å². The van der Waals surface area contributed by atoms with E-state index in [1.807, 2.05) is 31.2 Å². The molecule has 0 radical (unpaired) electrons. The summed E-state index contributed by atoms with van der Waals surface area (Å²) in [4.78, 5) is 17.8. The summed E-state index contributed by atoms with van der Waals surface area (Å²) in [5.74, 6) is -0.575. The van der Waals surface area contributed by atoms with Crippen molar-refractivity contribution in [3.8, 4) is 11.3 Å². The highest BCUT2D eigenvalue weighted by atomic mass is 35.5. The van der Waals surface area contributed by atoms with Gasteiger partial charge in [-0.25, -0.2) is 4.98 Å². The van der Waals surface area contributed by atoms with E-state index in [2.05, 4.69) is 10.3 Å². The first-order valence-corrected chi connectivity index (χ1v) is 9.75. The molecule has 0 aliphatic rings. The molecule has 1 amide bonds. The van der Waals surface area contributed by atoms with Crippen LogP contribution in [-0.4, -0.2) is 10.9 Å². The number of carbonyl (C=O) groups excluding carboxylic acids is 1. The van der Waals surface area contributed by atoms with Crippen molar-refractivity contribution >= 4 is 34.1 Å². The molecule has 0 aliphatic carbocycles. The second-order valence-corrected chi connectivity index (χ2v) is 7.50. The number of aromatic nitrogens is 1. The minimum atomic E-state index is -4.55. The standard InChI is InChI=1S/C24H16ClF3N2O/c1-14-5-4-6-15(11-14)21-13-18(17-7-2-3-8-20(17)29-21)23(31)30-22-12-16(24(26,27)28)9-10-19(22)25/h2-13H,1H3,(H,30,31). The van der Waals surface area contributed by atoms with Crippen LogP contribution in [0.4, 0.5) is 18.9 Å². The zero-order valence-corrected chi connectivity index (χ0v) is 17.1. The minimum Gasteiger partial charge on any atom is -0.321 e. The quantitative estimate of drug-likeness (QED) is 0.368. The monoisotopic (exact) mass is 440 g/mol. The van der Waals surface area contributed by atoms with Gasteiger partial charge in [-0.15, -0.1) is 0 Å². The van der Waals surface area contributed by atoms with Gasteiger partial charge in [-0.3, -0.25) is 4.79 Å². The van der Waals surface area contributed by atoms with Crippen molar-refractivity contribution in [1.82, 2.24) is 4.98 Å². The topological polar surface area (TPSA) is 42.0 Å². The van der Waals surface area contributed by atoms with E-state index >= 15 is 0 Å². The Balaban J connectivity index is 1.80. The average molecular weight is 441 g/mol. The molecule has 3 nitrogen and oxygen atoms in total. The Morgan fingerprint density at radius 2 is 1.74 bits per heavy atom. The predicted octanol–water partition coefficient (Wildman–Crippen LogP) is 7.13. The number of rotatable bonds is 3. The zero-order valence-electron chi connectivity index (χ0n) is 16.3. The van der Waals surface area contributed by atoms with Crippen molar-refractivity contribution in [1.29, 1.82) is 0 Å². The van der Waals surface area contributed by atoms with Crippen LogP contribution in [0.3, 0.4) is 0 Å². The van der Waals surface area contributed by atoms with E-state index in [1.165, 1.54) is 0 Å². The third-order valence-corrected chi connectivity index (χ3v) is 5.15. The number of nitrogens with one attached hydrogen (secondary N) is 1. The number of halogens is 4. The van der Waals surface area contributed by atoms with E-state index in [0.29, 0.717) is 16.6 Å². The lowest BCUT2D eigenvalue weighted by molar-refractivity contribution is -0.137. The first-order valence-electron chi connectivity index (χ1n) is 9.37. The Hall–Kier alpha value is -3.38. The van der Waals surface area contributed by atoms with Gasteiger partial charge < -0.3 is 5.32 Å². The largest absolute Gasteiger partial charge is 0.416 e. The molecular weight excluding hydrogens is 425 g/mol. The van der Waals surface area contributed by atoms with E-state index < -0.39 is 17.6 Å². The van der Waals surface area contributed by atoms with E-state index in [1.54, 1.807) is 30.3 Å². The van der Waals surface area contributed by atoms with Crippen molar-refractivity contribution in [3.63, 3.8) is 0 Å². The number of amides is 1. The van der Waals surface area contributed by atoms with Crippen LogP contribution >= 0.6 is 11.6 Å². The average Bonchev–Trinajstić information content (AvgIpc) is 2.73. The molecule has 0 saturated carbocycles. The maximum Gasteiger partial charge on any atom is 0.416 e. The number of hydrogen-bond donors (Lipinski definition) is 1. The van der Waals surface area contributed by atoms with Crippen LogP contribution in [0.25, 0.3) is 22.2 Å². The van der Waals surface area contributed by atoms with Crippen molar-refractivity contribution < 1.29 is 18.0 Å². The highest BCUT2D eigenvalue weighted by Gasteiger charge is 2.31. The normalized spacial score (nSPS) is 11.5. The molecule has 4 rings (SSSR count). The van der Waals surface area contributed by atoms with Crippen molar-refractivity contribution in [2.24, 2.45) is 0 Å². The molecule has 31 heavy (non-hydrogen) atoms. The maximum absolute atomic E-state index is 13.1. The molecule has 7 heteroatoms. The molecule has 0 atom stereocenters. The maximum atomic E-state index is 13.1. The minimum absolute atomic E-state index is 0.0126. The van der Waals surface area contributed by atoms with Crippen molar-refractivity contribution in [3.05, 3.63) is 94.5 Å². The first-order chi connectivity index (χ1) is 14.7. The van der Waals surface area contributed by atoms with E-state index in [-0.39, 0.29) is 16.3 Å². The van der Waals surface area contributed by atoms with Crippen LogP contribution in [0.15, 0.2) is 72.8 Å². The van der Waals surface area contributed by atoms with Gasteiger partial charge in [-0.05, 0) is 43.3 Å². The van der Waals surface area contributed by atoms with Gasteiger partial charge in [0.2, 0.25) is 0 Å². The summed E-state index contributed by atoms with van der Waals surface area (Å²) in [5, 5.41) is 3.12. The van der Waals surface area contributed by atoms with Gasteiger partial charge >= 0.3 is 6.18 Å². The van der Waals surface area contributed by atoms with Crippen LogP contribution < -0.4 is 5.32 Å². The molecule has 0 unspecified atom stereocenters. The Morgan fingerprint density at radius 3 is 2.48 bits per heavy atom. The summed E-state index contributed by atoms with van der Waals surface area (Å²) in [5.41, 5.74) is 2.33. The smallest absolute Gasteiger partial charge is 0.321 e. The van der Waals surface area contributed by atoms with Crippen LogP contribution in [0.1, 0.15) is 21.5 Å². The summed E-state index contributed by atoms with van der Waals surface area (Å²) in [6.07, 6.45) is -4.55. The molecule has 156 valence electrons. The molecule has 0 spiro atoms. The number of alkyl halides is 3. The molecule has 4 aromatic rings. The Morgan fingerprint density at radius 1 is 0.968 bits per heavy atom. The number of benzene rings is 3. The van der Waals surface area contributed by atoms with Gasteiger partial charge in [0, 0.05) is 10.9 Å². The van der Waals surface area contributed by atoms with Gasteiger partial charge in [0.15, 0.2) is 0 Å². The third kappa shape index (κ3) is 4.39. The molecule has 1 aromatic heterocycles. The van der Waals surface area contributed by atoms with Crippen LogP contribution in [0.2, 0.25) is 5.02 Å². The van der Waals surface area contributed by atoms with E-state index in [4.69, 9.17) is 11.6 Å². The molecule has 0 aliphatic heterocycles. The van der Waals surface area contributed by atoms with Crippen LogP contribution in [-0.2, 0) is 6.18 Å². The Bertz CT molecular complexity index is 1300. The fourth-order valence-electron chi connectivity index (χ4n) is 3.30. The van der Waals surface area contributed by atoms with E-state index in [0.717, 1.165) is 29.3 Å². The summed E-state index contributed by atoms with van der Waals surface area (Å²) in [7, 11) is 0. The van der Waals surface area contributed by atoms with Gasteiger partial charge in [0.25, 0.3) is 5.91 Å². The SMILES string of the molecule is Cc1cccc(-c2cc(C(=O)Nc3cc(C(F)(F)F)ccc3Cl)c3ccccc3n2)c1. The van der Waals surface area contributed by atoms with Crippen LogP contribution in [0, 0.1) is 6.92 Å². The summed E-state index contributed by atoms with van der Waals surface area (Å²) in [6, 6.07) is 19.2. The second kappa shape index (κ2) is 8.04. The number of anilines is 1. The highest BCUT2D eigenvalue weighted by molar-refractivity contribution is 6.34. The fourth-order valence-corrected chi connectivity index (χ4v) is 3.47. The third-order valence-electron chi connectivity index (χ3n) is 4.82. The zero-order chi connectivity index (χ0) is 22.2. The number of nitrogens with zero attached hydrogens (tertiary/aromatic N) is 1. The number of para-hydroxylation sites is 1. The highest BCUT2D eigenvalue weighted by Crippen LogP contribution is 2.34. The lowest BCUT2D eigenvalue weighted by Crippen LogP contribution is -2.14. The van der Waals surface area contributed by atoms with Crippen molar-refractivity contribution in [2.75, 3.05) is 5.32 Å². The number of pyridine rings is 1. The predicted molar refractivity (Wildman–Crippen MR) is 116 cm³/mol. The Labute approximate surface area is 181 Å². The van der Waals surface area contributed by atoms with Gasteiger partial charge in [-0.1, -0.05) is 53.6 Å². The molecule has 3 aromatic carbocycles. The summed E-state index contributed by atoms with van der Waals surface area (Å²) < 4.78 is 39.2. The molecule has 0 fully saturated rings. The number of carbonyl (C=O) groups is 1. The lowest BCUT2D eigenvalue weighted by Gasteiger charge is -2.13. The fraction of sp³-hybridized carbons (Fsp3) is 0.0833. The molecule has 1 N–H and O–H groups in total. The van der Waals surface area contributed by atoms with Gasteiger partial charge in [0.1, 0.15) is 0 Å². The second-order valence-electron chi connectivity index (χ2n) is 7.09. The number of hydrogen-bond acceptors (Lipinski definition) is 2. The molecular formula is C24H16ClF3N2O. The lowest BCUT2D eigenvalue weighted by atomic mass is 10.0. The van der Waals surface area contributed by atoms with Gasteiger partial charge in [0.05, 0.1) is 33.0 Å². The molecule has 0 saturated heterocycles. The number of aryl methyl sites for hydroxylation is 1. The summed E-state index contributed by atoms with van der Waals surface area (Å²) >= 11 is 6.05. The van der Waals surface area contributed by atoms with Crippen molar-refractivity contribution in [2.45, 2.75) is 13.1 Å².